The Bertz CT molecular complexity index is 1520. The maximum Gasteiger partial charge on any atom is 0.241 e. The lowest BCUT2D eigenvalue weighted by Gasteiger charge is -2.20. The third-order valence-electron chi connectivity index (χ3n) is 6.76. The maximum absolute atomic E-state index is 12.8. The zero-order valence-corrected chi connectivity index (χ0v) is 23.7. The van der Waals surface area contributed by atoms with Crippen LogP contribution in [0.4, 0.5) is 11.4 Å². The van der Waals surface area contributed by atoms with Crippen LogP contribution in [0.2, 0.25) is 0 Å². The van der Waals surface area contributed by atoms with E-state index in [1.807, 2.05) is 74.5 Å². The highest BCUT2D eigenvalue weighted by Gasteiger charge is 2.19. The van der Waals surface area contributed by atoms with Gasteiger partial charge in [-0.15, -0.1) is 0 Å². The number of rotatable bonds is 13. The topological polar surface area (TPSA) is 142 Å². The fraction of sp³-hybridized carbons (Fsp3) is 0.281. The zero-order chi connectivity index (χ0) is 29.4. The van der Waals surface area contributed by atoms with Crippen molar-refractivity contribution in [2.75, 3.05) is 18.5 Å². The summed E-state index contributed by atoms with van der Waals surface area (Å²) in [5.74, 6) is 0.467. The Morgan fingerprint density at radius 1 is 0.927 bits per heavy atom. The van der Waals surface area contributed by atoms with Crippen LogP contribution in [0.15, 0.2) is 66.9 Å². The maximum atomic E-state index is 12.8. The van der Waals surface area contributed by atoms with Gasteiger partial charge in [-0.2, -0.15) is 0 Å². The van der Waals surface area contributed by atoms with Gasteiger partial charge in [-0.3, -0.25) is 14.6 Å². The number of nitrogens with two attached hydrogens (primary N) is 2. The molecule has 1 atom stereocenters. The third kappa shape index (κ3) is 6.93. The highest BCUT2D eigenvalue weighted by Crippen LogP contribution is 2.38. The molecule has 0 saturated carbocycles. The largest absolute Gasteiger partial charge is 0.490 e. The third-order valence-corrected chi connectivity index (χ3v) is 6.76. The smallest absolute Gasteiger partial charge is 0.241 e. The highest BCUT2D eigenvalue weighted by molar-refractivity contribution is 5.98. The molecule has 4 aromatic rings. The van der Waals surface area contributed by atoms with Crippen molar-refractivity contribution in [2.45, 2.75) is 46.2 Å². The number of nitrogens with zero attached hydrogens (tertiary/aromatic N) is 1. The Labute approximate surface area is 240 Å². The minimum absolute atomic E-state index is 0.0109. The molecule has 1 heterocycles. The van der Waals surface area contributed by atoms with E-state index in [9.17, 15) is 9.59 Å². The van der Waals surface area contributed by atoms with E-state index < -0.39 is 11.9 Å². The Hall–Kier alpha value is -4.63. The summed E-state index contributed by atoms with van der Waals surface area (Å²) in [5, 5.41) is 7.30. The lowest BCUT2D eigenvalue weighted by molar-refractivity contribution is -0.122. The monoisotopic (exact) mass is 555 g/mol. The van der Waals surface area contributed by atoms with Gasteiger partial charge in [0.1, 0.15) is 6.04 Å². The van der Waals surface area contributed by atoms with E-state index in [1.165, 1.54) is 0 Å². The van der Waals surface area contributed by atoms with Crippen LogP contribution in [0.1, 0.15) is 49.1 Å². The quantitative estimate of drug-likeness (QED) is 0.188. The number of ether oxygens (including phenoxy) is 2. The zero-order valence-electron chi connectivity index (χ0n) is 23.7. The second kappa shape index (κ2) is 13.6. The summed E-state index contributed by atoms with van der Waals surface area (Å²) in [6, 6.07) is 18.1. The number of amides is 2. The number of hydrogen-bond donors (Lipinski definition) is 4. The molecule has 0 fully saturated rings. The van der Waals surface area contributed by atoms with Gasteiger partial charge >= 0.3 is 0 Å². The number of fused-ring (bicyclic) bond motifs is 1. The van der Waals surface area contributed by atoms with Crippen molar-refractivity contribution in [3.05, 3.63) is 89.1 Å². The molecular formula is C32H37N5O4. The van der Waals surface area contributed by atoms with Crippen molar-refractivity contribution >= 4 is 34.1 Å². The van der Waals surface area contributed by atoms with Crippen LogP contribution in [-0.4, -0.2) is 30.0 Å². The van der Waals surface area contributed by atoms with Crippen molar-refractivity contribution < 1.29 is 19.1 Å². The summed E-state index contributed by atoms with van der Waals surface area (Å²) >= 11 is 0. The highest BCUT2D eigenvalue weighted by atomic mass is 16.5. The summed E-state index contributed by atoms with van der Waals surface area (Å²) in [5.41, 5.74) is 17.4. The predicted octanol–water partition coefficient (Wildman–Crippen LogP) is 4.68. The van der Waals surface area contributed by atoms with Crippen molar-refractivity contribution in [3.8, 4) is 11.5 Å². The van der Waals surface area contributed by atoms with Crippen molar-refractivity contribution in [1.29, 1.82) is 0 Å². The molecule has 6 N–H and O–H groups in total. The Kier molecular flexibility index (Phi) is 9.76. The van der Waals surface area contributed by atoms with Gasteiger partial charge in [-0.25, -0.2) is 0 Å². The first-order valence-electron chi connectivity index (χ1n) is 13.8. The Morgan fingerprint density at radius 3 is 2.29 bits per heavy atom. The molecule has 0 radical (unpaired) electrons. The molecule has 2 amide bonds. The van der Waals surface area contributed by atoms with Crippen molar-refractivity contribution in [2.24, 2.45) is 11.5 Å². The number of nitrogens with one attached hydrogen (secondary N) is 2. The molecule has 0 bridgehead atoms. The first kappa shape index (κ1) is 29.4. The number of benzene rings is 3. The molecule has 9 heteroatoms. The molecule has 214 valence electrons. The predicted molar refractivity (Wildman–Crippen MR) is 161 cm³/mol. The number of aromatic nitrogens is 1. The summed E-state index contributed by atoms with van der Waals surface area (Å²) in [7, 11) is 0. The summed E-state index contributed by atoms with van der Waals surface area (Å²) in [4.78, 5) is 29.4. The fourth-order valence-electron chi connectivity index (χ4n) is 4.82. The summed E-state index contributed by atoms with van der Waals surface area (Å²) in [6.45, 7) is 7.13. The van der Waals surface area contributed by atoms with Gasteiger partial charge in [0.05, 0.1) is 30.8 Å². The molecule has 0 aliphatic heterocycles. The Morgan fingerprint density at radius 2 is 1.63 bits per heavy atom. The standard InChI is InChI=1S/C32H37N5O4/c1-4-23-21(18-36-32(39)30(34)20-11-8-7-9-12-20)13-10-14-25(23)37-31-22(15-29(33)38)19-35-26-17-28(41-6-3)27(40-5-2)16-24(26)31/h7-14,16-17,19,30H,4-6,15,18,34H2,1-3H3,(H2,33,38)(H,35,37)(H,36,39)/t30-/m0/s1. The minimum Gasteiger partial charge on any atom is -0.490 e. The van der Waals surface area contributed by atoms with Crippen LogP contribution in [0.3, 0.4) is 0 Å². The molecule has 4 rings (SSSR count). The number of anilines is 2. The number of pyridine rings is 1. The molecule has 0 unspecified atom stereocenters. The fourth-order valence-corrected chi connectivity index (χ4v) is 4.82. The van der Waals surface area contributed by atoms with Gasteiger partial charge in [0.25, 0.3) is 0 Å². The normalized spacial score (nSPS) is 11.6. The van der Waals surface area contributed by atoms with Gasteiger partial charge in [-0.05, 0) is 49.1 Å². The number of carbonyl (C=O) groups excluding carboxylic acids is 2. The van der Waals surface area contributed by atoms with E-state index in [0.717, 1.165) is 27.8 Å². The first-order chi connectivity index (χ1) is 19.9. The second-order valence-electron chi connectivity index (χ2n) is 9.51. The number of hydrogen-bond acceptors (Lipinski definition) is 7. The van der Waals surface area contributed by atoms with Crippen LogP contribution < -0.4 is 31.6 Å². The molecule has 9 nitrogen and oxygen atoms in total. The van der Waals surface area contributed by atoms with Gasteiger partial charge in [0.2, 0.25) is 11.8 Å². The molecule has 3 aromatic carbocycles. The van der Waals surface area contributed by atoms with E-state index >= 15 is 0 Å². The molecule has 1 aromatic heterocycles. The van der Waals surface area contributed by atoms with Gasteiger partial charge in [0, 0.05) is 35.4 Å². The van der Waals surface area contributed by atoms with E-state index in [2.05, 4.69) is 22.5 Å². The molecule has 0 aliphatic carbocycles. The lowest BCUT2D eigenvalue weighted by Crippen LogP contribution is -2.33. The van der Waals surface area contributed by atoms with Crippen molar-refractivity contribution in [1.82, 2.24) is 10.3 Å². The minimum atomic E-state index is -0.761. The van der Waals surface area contributed by atoms with E-state index in [4.69, 9.17) is 20.9 Å². The SMILES string of the molecule is CCOc1cc2ncc(CC(N)=O)c(Nc3cccc(CNC(=O)[C@@H](N)c4ccccc4)c3CC)c2cc1OCC. The average Bonchev–Trinajstić information content (AvgIpc) is 2.97. The van der Waals surface area contributed by atoms with Gasteiger partial charge < -0.3 is 31.6 Å². The van der Waals surface area contributed by atoms with Crippen LogP contribution in [0.25, 0.3) is 10.9 Å². The van der Waals surface area contributed by atoms with Crippen LogP contribution in [0, 0.1) is 0 Å². The molecule has 0 aliphatic rings. The van der Waals surface area contributed by atoms with Gasteiger partial charge in [0.15, 0.2) is 11.5 Å². The van der Waals surface area contributed by atoms with E-state index in [1.54, 1.807) is 6.20 Å². The average molecular weight is 556 g/mol. The lowest BCUT2D eigenvalue weighted by atomic mass is 10.0. The Balaban J connectivity index is 1.70. The van der Waals surface area contributed by atoms with Crippen molar-refractivity contribution in [3.63, 3.8) is 0 Å². The molecule has 0 spiro atoms. The van der Waals surface area contributed by atoms with Gasteiger partial charge in [-0.1, -0.05) is 49.4 Å². The summed E-state index contributed by atoms with van der Waals surface area (Å²) in [6.07, 6.45) is 2.37. The molecule has 0 saturated heterocycles. The van der Waals surface area contributed by atoms with Crippen LogP contribution >= 0.6 is 0 Å². The molecular weight excluding hydrogens is 518 g/mol. The van der Waals surface area contributed by atoms with E-state index in [0.29, 0.717) is 54.4 Å². The number of carbonyl (C=O) groups is 2. The number of primary amides is 1. The van der Waals surface area contributed by atoms with Crippen LogP contribution in [0.5, 0.6) is 11.5 Å². The van der Waals surface area contributed by atoms with E-state index in [-0.39, 0.29) is 12.3 Å². The summed E-state index contributed by atoms with van der Waals surface area (Å²) < 4.78 is 11.7. The first-order valence-corrected chi connectivity index (χ1v) is 13.8. The second-order valence-corrected chi connectivity index (χ2v) is 9.51. The van der Waals surface area contributed by atoms with Crippen LogP contribution in [-0.2, 0) is 29.0 Å². The molecule has 41 heavy (non-hydrogen) atoms.